The molecule has 0 bridgehead atoms. The Balaban J connectivity index is 2.21. The van der Waals surface area contributed by atoms with Gasteiger partial charge < -0.3 is 10.4 Å². The zero-order valence-electron chi connectivity index (χ0n) is 10.1. The van der Waals surface area contributed by atoms with E-state index in [1.807, 2.05) is 0 Å². The monoisotopic (exact) mass is 280 g/mol. The smallest absolute Gasteiger partial charge is 0.337 e. The Hall–Kier alpha value is -2.02. The first-order valence-electron chi connectivity index (χ1n) is 5.65. The van der Waals surface area contributed by atoms with Gasteiger partial charge in [0.05, 0.1) is 5.56 Å². The molecule has 1 atom stereocenters. The molecule has 2 rings (SSSR count). The highest BCUT2D eigenvalue weighted by atomic mass is 32.2. The van der Waals surface area contributed by atoms with Crippen molar-refractivity contribution in [2.75, 3.05) is 11.9 Å². The van der Waals surface area contributed by atoms with Gasteiger partial charge in [-0.25, -0.2) is 4.79 Å². The maximum atomic E-state index is 11.9. The van der Waals surface area contributed by atoms with Crippen molar-refractivity contribution in [3.05, 3.63) is 29.8 Å². The molecule has 2 amide bonds. The molecule has 1 aromatic carbocycles. The molecule has 1 aliphatic heterocycles. The molecular weight excluding hydrogens is 268 g/mol. The van der Waals surface area contributed by atoms with Crippen LogP contribution in [0.1, 0.15) is 17.3 Å². The number of benzene rings is 1. The highest BCUT2D eigenvalue weighted by Crippen LogP contribution is 2.29. The average Bonchev–Trinajstić information content (AvgIpc) is 2.64. The number of para-hydroxylation sites is 1. The molecule has 0 spiro atoms. The second-order valence-electron chi connectivity index (χ2n) is 3.84. The minimum atomic E-state index is -1.09. The van der Waals surface area contributed by atoms with Crippen LogP contribution in [0.15, 0.2) is 24.3 Å². The van der Waals surface area contributed by atoms with Crippen LogP contribution in [0.25, 0.3) is 0 Å². The third-order valence-corrected chi connectivity index (χ3v) is 3.67. The van der Waals surface area contributed by atoms with Crippen LogP contribution in [-0.2, 0) is 4.79 Å². The Morgan fingerprint density at radius 1 is 1.42 bits per heavy atom. The van der Waals surface area contributed by atoms with E-state index in [0.29, 0.717) is 12.2 Å². The van der Waals surface area contributed by atoms with E-state index in [1.165, 1.54) is 6.07 Å². The summed E-state index contributed by atoms with van der Waals surface area (Å²) in [6, 6.07) is 6.27. The number of aromatic carboxylic acids is 1. The van der Waals surface area contributed by atoms with Crippen LogP contribution in [0.3, 0.4) is 0 Å². The summed E-state index contributed by atoms with van der Waals surface area (Å²) in [6.45, 7) is 2.02. The number of nitrogens with one attached hydrogen (secondary N) is 1. The summed E-state index contributed by atoms with van der Waals surface area (Å²) in [4.78, 5) is 35.6. The summed E-state index contributed by atoms with van der Waals surface area (Å²) >= 11 is 0.855. The Bertz CT molecular complexity index is 546. The molecule has 2 N–H and O–H groups in total. The van der Waals surface area contributed by atoms with Crippen molar-refractivity contribution in [2.45, 2.75) is 12.3 Å². The van der Waals surface area contributed by atoms with Crippen molar-refractivity contribution in [1.29, 1.82) is 0 Å². The molecule has 1 aliphatic rings. The van der Waals surface area contributed by atoms with E-state index < -0.39 is 11.3 Å². The lowest BCUT2D eigenvalue weighted by Gasteiger charge is -2.14. The van der Waals surface area contributed by atoms with Crippen molar-refractivity contribution in [1.82, 2.24) is 4.90 Å². The standard InChI is InChI=1S/C12H12N2O4S/c1-2-14-10(15)9(19-12(14)18)13-8-6-4-3-5-7(8)11(16)17/h3-6,9,13H,2H2,1H3,(H,16,17). The zero-order valence-corrected chi connectivity index (χ0v) is 10.9. The largest absolute Gasteiger partial charge is 0.478 e. The lowest BCUT2D eigenvalue weighted by Crippen LogP contribution is -2.34. The number of anilines is 1. The number of hydrogen-bond acceptors (Lipinski definition) is 5. The molecule has 100 valence electrons. The van der Waals surface area contributed by atoms with Gasteiger partial charge in [0, 0.05) is 12.2 Å². The molecule has 0 radical (unpaired) electrons. The molecule has 1 unspecified atom stereocenters. The van der Waals surface area contributed by atoms with Crippen LogP contribution in [-0.4, -0.2) is 39.0 Å². The van der Waals surface area contributed by atoms with E-state index in [1.54, 1.807) is 25.1 Å². The van der Waals surface area contributed by atoms with Crippen LogP contribution in [0, 0.1) is 0 Å². The van der Waals surface area contributed by atoms with E-state index in [2.05, 4.69) is 5.32 Å². The summed E-state index contributed by atoms with van der Waals surface area (Å²) in [5, 5.41) is 10.8. The number of carboxylic acid groups (broad SMARTS) is 1. The number of likely N-dealkylation sites (N-methyl/N-ethyl adjacent to an activating group) is 1. The van der Waals surface area contributed by atoms with Crippen molar-refractivity contribution in [3.8, 4) is 0 Å². The Morgan fingerprint density at radius 3 is 2.68 bits per heavy atom. The van der Waals surface area contributed by atoms with Crippen molar-refractivity contribution in [3.63, 3.8) is 0 Å². The third-order valence-electron chi connectivity index (χ3n) is 2.69. The lowest BCUT2D eigenvalue weighted by atomic mass is 10.2. The quantitative estimate of drug-likeness (QED) is 0.875. The first-order chi connectivity index (χ1) is 9.04. The molecule has 19 heavy (non-hydrogen) atoms. The number of nitrogens with zero attached hydrogens (tertiary/aromatic N) is 1. The fourth-order valence-corrected chi connectivity index (χ4v) is 2.72. The molecule has 1 fully saturated rings. The van der Waals surface area contributed by atoms with Gasteiger partial charge in [-0.1, -0.05) is 12.1 Å². The maximum absolute atomic E-state index is 11.9. The first-order valence-corrected chi connectivity index (χ1v) is 6.53. The van der Waals surface area contributed by atoms with Crippen LogP contribution >= 0.6 is 11.8 Å². The average molecular weight is 280 g/mol. The predicted molar refractivity (Wildman–Crippen MR) is 71.2 cm³/mol. The van der Waals surface area contributed by atoms with E-state index in [9.17, 15) is 14.4 Å². The summed E-state index contributed by atoms with van der Waals surface area (Å²) in [6.07, 6.45) is 0. The van der Waals surface area contributed by atoms with Gasteiger partial charge in [-0.2, -0.15) is 0 Å². The number of thioether (sulfide) groups is 1. The van der Waals surface area contributed by atoms with Gasteiger partial charge in [-0.15, -0.1) is 0 Å². The second-order valence-corrected chi connectivity index (χ2v) is 4.90. The van der Waals surface area contributed by atoms with Gasteiger partial charge in [0.2, 0.25) is 0 Å². The number of imide groups is 1. The van der Waals surface area contributed by atoms with Crippen LogP contribution in [0.4, 0.5) is 10.5 Å². The molecule has 0 aromatic heterocycles. The van der Waals surface area contributed by atoms with Gasteiger partial charge in [0.25, 0.3) is 11.1 Å². The molecule has 0 aliphatic carbocycles. The molecule has 1 heterocycles. The lowest BCUT2D eigenvalue weighted by molar-refractivity contribution is -0.126. The summed E-state index contributed by atoms with van der Waals surface area (Å²) in [5.74, 6) is -1.44. The van der Waals surface area contributed by atoms with E-state index >= 15 is 0 Å². The van der Waals surface area contributed by atoms with Gasteiger partial charge in [-0.05, 0) is 30.8 Å². The van der Waals surface area contributed by atoms with Crippen LogP contribution in [0.2, 0.25) is 0 Å². The normalized spacial score (nSPS) is 18.8. The molecule has 1 aromatic rings. The molecule has 7 heteroatoms. The first kappa shape index (κ1) is 13.4. The van der Waals surface area contributed by atoms with Crippen LogP contribution in [0.5, 0.6) is 0 Å². The molecule has 0 saturated carbocycles. The number of hydrogen-bond donors (Lipinski definition) is 2. The number of amides is 2. The fourth-order valence-electron chi connectivity index (χ4n) is 1.76. The fraction of sp³-hybridized carbons (Fsp3) is 0.250. The van der Waals surface area contributed by atoms with E-state index in [4.69, 9.17) is 5.11 Å². The Kier molecular flexibility index (Phi) is 3.75. The minimum Gasteiger partial charge on any atom is -0.478 e. The van der Waals surface area contributed by atoms with Gasteiger partial charge >= 0.3 is 5.97 Å². The number of carbonyl (C=O) groups is 3. The third kappa shape index (κ3) is 2.55. The Labute approximate surface area is 113 Å². The number of carbonyl (C=O) groups excluding carboxylic acids is 2. The number of carboxylic acids is 1. The van der Waals surface area contributed by atoms with E-state index in [-0.39, 0.29) is 16.7 Å². The van der Waals surface area contributed by atoms with Gasteiger partial charge in [0.1, 0.15) is 0 Å². The number of rotatable bonds is 4. The SMILES string of the molecule is CCN1C(=O)SC(Nc2ccccc2C(=O)O)C1=O. The highest BCUT2D eigenvalue weighted by molar-refractivity contribution is 8.15. The van der Waals surface area contributed by atoms with Crippen LogP contribution < -0.4 is 5.32 Å². The summed E-state index contributed by atoms with van der Waals surface area (Å²) < 4.78 is 0. The summed E-state index contributed by atoms with van der Waals surface area (Å²) in [5.41, 5.74) is 0.393. The Morgan fingerprint density at radius 2 is 2.11 bits per heavy atom. The van der Waals surface area contributed by atoms with Gasteiger partial charge in [-0.3, -0.25) is 14.5 Å². The zero-order chi connectivity index (χ0) is 14.0. The molecule has 1 saturated heterocycles. The van der Waals surface area contributed by atoms with Crippen molar-refractivity contribution >= 4 is 34.6 Å². The molecular formula is C12H12N2O4S. The second kappa shape index (κ2) is 5.31. The maximum Gasteiger partial charge on any atom is 0.337 e. The van der Waals surface area contributed by atoms with Crippen molar-refractivity contribution in [2.24, 2.45) is 0 Å². The van der Waals surface area contributed by atoms with Crippen molar-refractivity contribution < 1.29 is 19.5 Å². The minimum absolute atomic E-state index is 0.0679. The topological polar surface area (TPSA) is 86.7 Å². The highest BCUT2D eigenvalue weighted by Gasteiger charge is 2.39. The van der Waals surface area contributed by atoms with Gasteiger partial charge in [0.15, 0.2) is 5.37 Å². The summed E-state index contributed by atoms with van der Waals surface area (Å²) in [7, 11) is 0. The predicted octanol–water partition coefficient (Wildman–Crippen LogP) is 1.84. The molecule has 6 nitrogen and oxygen atoms in total. The van der Waals surface area contributed by atoms with E-state index in [0.717, 1.165) is 16.7 Å².